The van der Waals surface area contributed by atoms with Gasteiger partial charge >= 0.3 is 6.18 Å². The Hall–Kier alpha value is -5.29. The van der Waals surface area contributed by atoms with Gasteiger partial charge in [0, 0.05) is 28.3 Å². The molecule has 0 saturated carbocycles. The molecule has 1 atom stereocenters. The summed E-state index contributed by atoms with van der Waals surface area (Å²) in [6.07, 6.45) is -4.67. The number of fused-ring (bicyclic) bond motifs is 1. The zero-order valence-corrected chi connectivity index (χ0v) is 23.3. The first-order valence-electron chi connectivity index (χ1n) is 13.0. The van der Waals surface area contributed by atoms with E-state index in [2.05, 4.69) is 15.3 Å². The van der Waals surface area contributed by atoms with E-state index in [1.807, 2.05) is 6.07 Å². The predicted octanol–water partition coefficient (Wildman–Crippen LogP) is 3.92. The van der Waals surface area contributed by atoms with Crippen molar-refractivity contribution in [3.63, 3.8) is 0 Å². The minimum atomic E-state index is -5.39. The van der Waals surface area contributed by atoms with Crippen LogP contribution in [0.15, 0.2) is 54.7 Å². The van der Waals surface area contributed by atoms with Gasteiger partial charge in [-0.2, -0.15) is 18.4 Å². The number of halogens is 4. The molecule has 4 rings (SSSR count). The molecule has 0 saturated heterocycles. The summed E-state index contributed by atoms with van der Waals surface area (Å²) < 4.78 is 68.3. The number of primary amides is 1. The third-order valence-corrected chi connectivity index (χ3v) is 6.58. The number of hydrogen-bond acceptors (Lipinski definition) is 8. The van der Waals surface area contributed by atoms with E-state index in [1.165, 1.54) is 43.6 Å². The van der Waals surface area contributed by atoms with Gasteiger partial charge < -0.3 is 25.6 Å². The number of nitrogens with one attached hydrogen (secondary N) is 1. The highest BCUT2D eigenvalue weighted by atomic mass is 19.4. The lowest BCUT2D eigenvalue weighted by Crippen LogP contribution is -2.51. The minimum absolute atomic E-state index is 0.0289. The topological polar surface area (TPSA) is 160 Å². The fraction of sp³-hybridized carbons (Fsp3) is 0.233. The molecule has 0 spiro atoms. The van der Waals surface area contributed by atoms with Crippen LogP contribution in [0.5, 0.6) is 11.5 Å². The third-order valence-electron chi connectivity index (χ3n) is 6.58. The highest BCUT2D eigenvalue weighted by Crippen LogP contribution is 2.42. The van der Waals surface area contributed by atoms with Crippen LogP contribution in [0.3, 0.4) is 0 Å². The summed E-state index contributed by atoms with van der Waals surface area (Å²) in [4.78, 5) is 33.2. The Balaban J connectivity index is 1.80. The van der Waals surface area contributed by atoms with Gasteiger partial charge in [0.1, 0.15) is 34.6 Å². The van der Waals surface area contributed by atoms with Crippen molar-refractivity contribution in [3.8, 4) is 28.8 Å². The average Bonchev–Trinajstić information content (AvgIpc) is 2.99. The van der Waals surface area contributed by atoms with Crippen molar-refractivity contribution in [3.05, 3.63) is 82.9 Å². The van der Waals surface area contributed by atoms with Crippen molar-refractivity contribution in [2.75, 3.05) is 20.3 Å². The van der Waals surface area contributed by atoms with Gasteiger partial charge in [0.2, 0.25) is 11.5 Å². The highest BCUT2D eigenvalue weighted by molar-refractivity contribution is 6.00. The number of nitrogens with two attached hydrogens (primary N) is 1. The molecule has 4 N–H and O–H groups in total. The third kappa shape index (κ3) is 6.37. The molecule has 228 valence electrons. The van der Waals surface area contributed by atoms with Crippen LogP contribution < -0.4 is 20.5 Å². The Morgan fingerprint density at radius 1 is 1.14 bits per heavy atom. The smallest absolute Gasteiger partial charge is 0.424 e. The molecule has 2 amide bonds. The van der Waals surface area contributed by atoms with Crippen molar-refractivity contribution in [2.24, 2.45) is 5.73 Å². The molecule has 0 aliphatic carbocycles. The number of pyridine rings is 2. The van der Waals surface area contributed by atoms with E-state index >= 15 is 0 Å². The van der Waals surface area contributed by atoms with E-state index in [4.69, 9.17) is 15.2 Å². The maximum atomic E-state index is 14.6. The van der Waals surface area contributed by atoms with Crippen LogP contribution in [-0.2, 0) is 16.8 Å². The number of amides is 2. The number of nitrogens with zero attached hydrogens (tertiary/aromatic N) is 3. The normalized spacial score (nSPS) is 12.7. The first-order chi connectivity index (χ1) is 20.8. The van der Waals surface area contributed by atoms with Crippen molar-refractivity contribution in [1.29, 1.82) is 5.26 Å². The monoisotopic (exact) mass is 611 g/mol. The molecule has 2 heterocycles. The van der Waals surface area contributed by atoms with Gasteiger partial charge in [-0.15, -0.1) is 0 Å². The van der Waals surface area contributed by atoms with Crippen LogP contribution in [-0.4, -0.2) is 53.3 Å². The van der Waals surface area contributed by atoms with Crippen molar-refractivity contribution >= 4 is 22.7 Å². The first-order valence-corrected chi connectivity index (χ1v) is 13.0. The quantitative estimate of drug-likeness (QED) is 0.228. The Morgan fingerprint density at radius 3 is 2.43 bits per heavy atom. The molecule has 0 bridgehead atoms. The van der Waals surface area contributed by atoms with Crippen LogP contribution in [0.1, 0.15) is 34.1 Å². The van der Waals surface area contributed by atoms with Gasteiger partial charge in [0.25, 0.3) is 5.91 Å². The summed E-state index contributed by atoms with van der Waals surface area (Å²) in [6.45, 7) is 0.226. The van der Waals surface area contributed by atoms with Crippen molar-refractivity contribution < 1.29 is 41.7 Å². The minimum Gasteiger partial charge on any atom is -0.494 e. The summed E-state index contributed by atoms with van der Waals surface area (Å²) in [6, 6.07) is 11.3. The molecular weight excluding hydrogens is 586 g/mol. The number of hydrogen-bond donors (Lipinski definition) is 3. The lowest BCUT2D eigenvalue weighted by molar-refractivity contribution is -0.265. The second-order valence-corrected chi connectivity index (χ2v) is 9.55. The van der Waals surface area contributed by atoms with Gasteiger partial charge in [-0.1, -0.05) is 0 Å². The summed E-state index contributed by atoms with van der Waals surface area (Å²) in [5.41, 5.74) is 0.751. The molecule has 0 radical (unpaired) electrons. The zero-order chi connectivity index (χ0) is 32.2. The van der Waals surface area contributed by atoms with E-state index in [1.54, 1.807) is 6.92 Å². The lowest BCUT2D eigenvalue weighted by atomic mass is 9.93. The maximum Gasteiger partial charge on any atom is 0.424 e. The number of carbonyl (C=O) groups is 2. The number of ether oxygens (including phenoxy) is 2. The van der Waals surface area contributed by atoms with Crippen molar-refractivity contribution in [1.82, 2.24) is 15.3 Å². The number of nitriles is 1. The predicted molar refractivity (Wildman–Crippen MR) is 149 cm³/mol. The number of methoxy groups -OCH3 is 1. The fourth-order valence-corrected chi connectivity index (χ4v) is 4.44. The van der Waals surface area contributed by atoms with Gasteiger partial charge in [-0.25, -0.2) is 9.37 Å². The number of benzene rings is 2. The van der Waals surface area contributed by atoms with E-state index < -0.39 is 48.1 Å². The molecule has 0 fully saturated rings. The van der Waals surface area contributed by atoms with Gasteiger partial charge in [-0.05, 0) is 55.5 Å². The molecule has 10 nitrogen and oxygen atoms in total. The van der Waals surface area contributed by atoms with E-state index in [-0.39, 0.29) is 46.1 Å². The largest absolute Gasteiger partial charge is 0.494 e. The summed E-state index contributed by atoms with van der Waals surface area (Å²) >= 11 is 0. The SMILES string of the molecule is CCOc1c(CC(N)=O)cc([C@@](O)(CNC(=O)c2cc(OC)c3ncc(C#N)cc3c2)C(F)(F)F)nc1-c1ccc(F)cc1. The Labute approximate surface area is 248 Å². The summed E-state index contributed by atoms with van der Waals surface area (Å²) in [7, 11) is 1.30. The van der Waals surface area contributed by atoms with Crippen LogP contribution in [0.2, 0.25) is 0 Å². The van der Waals surface area contributed by atoms with Gasteiger partial charge in [-0.3, -0.25) is 14.6 Å². The molecule has 2 aromatic heterocycles. The fourth-order valence-electron chi connectivity index (χ4n) is 4.44. The molecular formula is C30H25F4N5O5. The average molecular weight is 612 g/mol. The van der Waals surface area contributed by atoms with E-state index in [9.17, 15) is 37.5 Å². The standard InChI is InChI=1S/C30H25F4N5O5/c1-3-44-27-19(12-24(36)40)11-23(39-26(27)17-4-6-21(31)7-5-17)29(42,30(32,33)34)15-38-28(41)20-9-18-8-16(13-35)14-37-25(18)22(10-20)43-2/h4-11,14,42H,3,12,15H2,1-2H3,(H2,36,40)(H,38,41)/t29-/m0/s1. The second kappa shape index (κ2) is 12.5. The summed E-state index contributed by atoms with van der Waals surface area (Å²) in [5.74, 6) is -2.51. The molecule has 14 heteroatoms. The number of aromatic nitrogens is 2. The Kier molecular flexibility index (Phi) is 9.00. The van der Waals surface area contributed by atoms with E-state index in [0.29, 0.717) is 10.9 Å². The van der Waals surface area contributed by atoms with Gasteiger partial charge in [0.15, 0.2) is 0 Å². The van der Waals surface area contributed by atoms with Crippen LogP contribution in [0.25, 0.3) is 22.2 Å². The first kappa shape index (κ1) is 31.6. The number of carbonyl (C=O) groups excluding carboxylic acids is 2. The molecule has 0 unspecified atom stereocenters. The Bertz CT molecular complexity index is 1770. The zero-order valence-electron chi connectivity index (χ0n) is 23.3. The highest BCUT2D eigenvalue weighted by Gasteiger charge is 2.56. The molecule has 4 aromatic rings. The number of aliphatic hydroxyl groups is 1. The molecule has 2 aromatic carbocycles. The van der Waals surface area contributed by atoms with Crippen molar-refractivity contribution in [2.45, 2.75) is 25.1 Å². The summed E-state index contributed by atoms with van der Waals surface area (Å²) in [5, 5.41) is 22.8. The van der Waals surface area contributed by atoms with Gasteiger partial charge in [0.05, 0.1) is 37.9 Å². The molecule has 0 aliphatic heterocycles. The lowest BCUT2D eigenvalue weighted by Gasteiger charge is -2.31. The number of alkyl halides is 3. The van der Waals surface area contributed by atoms with Crippen LogP contribution >= 0.6 is 0 Å². The second-order valence-electron chi connectivity index (χ2n) is 9.55. The molecule has 0 aliphatic rings. The maximum absolute atomic E-state index is 14.6. The Morgan fingerprint density at radius 2 is 1.84 bits per heavy atom. The van der Waals surface area contributed by atoms with Crippen LogP contribution in [0.4, 0.5) is 17.6 Å². The van der Waals surface area contributed by atoms with E-state index in [0.717, 1.165) is 18.2 Å². The molecule has 44 heavy (non-hydrogen) atoms. The number of rotatable bonds is 10. The van der Waals surface area contributed by atoms with Crippen LogP contribution in [0, 0.1) is 17.1 Å².